The third-order valence-corrected chi connectivity index (χ3v) is 4.66. The van der Waals surface area contributed by atoms with Crippen molar-refractivity contribution in [3.05, 3.63) is 16.3 Å². The molecule has 3 N–H and O–H groups in total. The lowest BCUT2D eigenvalue weighted by atomic mass is 9.84. The summed E-state index contributed by atoms with van der Waals surface area (Å²) in [5.74, 6) is 0.870. The van der Waals surface area contributed by atoms with Crippen LogP contribution in [0.25, 0.3) is 0 Å². The van der Waals surface area contributed by atoms with Gasteiger partial charge in [-0.05, 0) is 37.1 Å². The van der Waals surface area contributed by atoms with Gasteiger partial charge in [-0.2, -0.15) is 0 Å². The van der Waals surface area contributed by atoms with Gasteiger partial charge < -0.3 is 11.1 Å². The van der Waals surface area contributed by atoms with Gasteiger partial charge >= 0.3 is 0 Å². The molecule has 0 amide bonds. The first-order chi connectivity index (χ1) is 7.77. The quantitative estimate of drug-likeness (QED) is 0.844. The topological polar surface area (TPSA) is 38.0 Å². The van der Waals surface area contributed by atoms with Gasteiger partial charge in [0, 0.05) is 23.2 Å². The first-order valence-electron chi connectivity index (χ1n) is 6.32. The molecule has 0 aromatic carbocycles. The lowest BCUT2D eigenvalue weighted by molar-refractivity contribution is 0.281. The van der Waals surface area contributed by atoms with E-state index in [1.165, 1.54) is 37.0 Å². The molecule has 1 atom stereocenters. The molecule has 1 aromatic rings. The summed E-state index contributed by atoms with van der Waals surface area (Å²) in [5.41, 5.74) is 6.81. The molecule has 2 rings (SSSR count). The van der Waals surface area contributed by atoms with Crippen LogP contribution in [0.4, 0.5) is 5.69 Å². The Labute approximate surface area is 102 Å². The van der Waals surface area contributed by atoms with Crippen molar-refractivity contribution in [2.24, 2.45) is 5.92 Å². The standard InChI is InChI=1S/C13H22N2S/c1-10(11-5-3-2-4-6-11)15-9-13-12(14)7-8-16-13/h7-8,10-11,15H,2-6,9,14H2,1H3/t10-/m1/s1. The fourth-order valence-corrected chi connectivity index (χ4v) is 3.30. The Kier molecular flexibility index (Phi) is 4.24. The average Bonchev–Trinajstić information content (AvgIpc) is 2.73. The summed E-state index contributed by atoms with van der Waals surface area (Å²) in [6, 6.07) is 2.62. The molecule has 0 radical (unpaired) electrons. The number of nitrogens with one attached hydrogen (secondary N) is 1. The Morgan fingerprint density at radius 3 is 2.81 bits per heavy atom. The highest BCUT2D eigenvalue weighted by atomic mass is 32.1. The Balaban J connectivity index is 1.78. The zero-order valence-electron chi connectivity index (χ0n) is 10.0. The maximum absolute atomic E-state index is 5.88. The molecular formula is C13H22N2S. The SMILES string of the molecule is C[C@@H](NCc1sccc1N)C1CCCCC1. The van der Waals surface area contributed by atoms with Crippen LogP contribution < -0.4 is 11.1 Å². The second kappa shape index (κ2) is 5.69. The smallest absolute Gasteiger partial charge is 0.0468 e. The highest BCUT2D eigenvalue weighted by Crippen LogP contribution is 2.27. The van der Waals surface area contributed by atoms with E-state index in [4.69, 9.17) is 5.73 Å². The summed E-state index contributed by atoms with van der Waals surface area (Å²) >= 11 is 1.75. The zero-order chi connectivity index (χ0) is 11.4. The first kappa shape index (κ1) is 11.9. The van der Waals surface area contributed by atoms with Crippen molar-refractivity contribution in [1.29, 1.82) is 0 Å². The second-order valence-corrected chi connectivity index (χ2v) is 5.87. The van der Waals surface area contributed by atoms with Gasteiger partial charge in [0.15, 0.2) is 0 Å². The average molecular weight is 238 g/mol. The maximum Gasteiger partial charge on any atom is 0.0468 e. The largest absolute Gasteiger partial charge is 0.398 e. The molecule has 90 valence electrons. The molecule has 0 spiro atoms. The van der Waals surface area contributed by atoms with Crippen molar-refractivity contribution in [2.45, 2.75) is 51.6 Å². The molecule has 1 aromatic heterocycles. The van der Waals surface area contributed by atoms with Gasteiger partial charge in [-0.15, -0.1) is 11.3 Å². The van der Waals surface area contributed by atoms with E-state index in [0.717, 1.165) is 18.2 Å². The normalized spacial score (nSPS) is 19.8. The minimum atomic E-state index is 0.627. The van der Waals surface area contributed by atoms with Crippen LogP contribution in [0, 0.1) is 5.92 Å². The van der Waals surface area contributed by atoms with Crippen molar-refractivity contribution < 1.29 is 0 Å². The van der Waals surface area contributed by atoms with Crippen LogP contribution in [0.15, 0.2) is 11.4 Å². The van der Waals surface area contributed by atoms with Crippen LogP contribution >= 0.6 is 11.3 Å². The number of rotatable bonds is 4. The molecule has 1 saturated carbocycles. The molecular weight excluding hydrogens is 216 g/mol. The van der Waals surface area contributed by atoms with Crippen molar-refractivity contribution in [2.75, 3.05) is 5.73 Å². The summed E-state index contributed by atoms with van der Waals surface area (Å²) < 4.78 is 0. The molecule has 1 aliphatic rings. The van der Waals surface area contributed by atoms with Crippen LogP contribution in [-0.2, 0) is 6.54 Å². The summed E-state index contributed by atoms with van der Waals surface area (Å²) in [6.07, 6.45) is 7.05. The summed E-state index contributed by atoms with van der Waals surface area (Å²) in [4.78, 5) is 1.28. The molecule has 2 nitrogen and oxygen atoms in total. The van der Waals surface area contributed by atoms with Gasteiger partial charge in [0.2, 0.25) is 0 Å². The fraction of sp³-hybridized carbons (Fsp3) is 0.692. The van der Waals surface area contributed by atoms with E-state index in [1.54, 1.807) is 11.3 Å². The minimum Gasteiger partial charge on any atom is -0.398 e. The van der Waals surface area contributed by atoms with E-state index in [2.05, 4.69) is 17.6 Å². The molecule has 1 heterocycles. The van der Waals surface area contributed by atoms with Crippen molar-refractivity contribution in [3.8, 4) is 0 Å². The molecule has 16 heavy (non-hydrogen) atoms. The molecule has 1 aliphatic carbocycles. The highest BCUT2D eigenvalue weighted by molar-refractivity contribution is 7.10. The number of nitrogens with two attached hydrogens (primary N) is 1. The third kappa shape index (κ3) is 2.98. The van der Waals surface area contributed by atoms with Gasteiger partial charge in [0.25, 0.3) is 0 Å². The van der Waals surface area contributed by atoms with Crippen molar-refractivity contribution in [3.63, 3.8) is 0 Å². The summed E-state index contributed by atoms with van der Waals surface area (Å²) in [7, 11) is 0. The van der Waals surface area contributed by atoms with E-state index < -0.39 is 0 Å². The lowest BCUT2D eigenvalue weighted by Crippen LogP contribution is -2.34. The van der Waals surface area contributed by atoms with E-state index in [-0.39, 0.29) is 0 Å². The van der Waals surface area contributed by atoms with Crippen LogP contribution in [0.3, 0.4) is 0 Å². The molecule has 0 aliphatic heterocycles. The van der Waals surface area contributed by atoms with Crippen LogP contribution in [-0.4, -0.2) is 6.04 Å². The lowest BCUT2D eigenvalue weighted by Gasteiger charge is -2.28. The summed E-state index contributed by atoms with van der Waals surface area (Å²) in [5, 5.41) is 5.69. The predicted octanol–water partition coefficient (Wildman–Crippen LogP) is 3.39. The molecule has 0 unspecified atom stereocenters. The fourth-order valence-electron chi connectivity index (χ4n) is 2.55. The van der Waals surface area contributed by atoms with Crippen LogP contribution in [0.1, 0.15) is 43.9 Å². The van der Waals surface area contributed by atoms with Gasteiger partial charge in [-0.25, -0.2) is 0 Å². The number of anilines is 1. The van der Waals surface area contributed by atoms with Crippen LogP contribution in [0.2, 0.25) is 0 Å². The number of nitrogen functional groups attached to an aromatic ring is 1. The van der Waals surface area contributed by atoms with Gasteiger partial charge in [0.05, 0.1) is 0 Å². The predicted molar refractivity (Wildman–Crippen MR) is 71.6 cm³/mol. The second-order valence-electron chi connectivity index (χ2n) is 4.87. The van der Waals surface area contributed by atoms with Gasteiger partial charge in [0.1, 0.15) is 0 Å². The Morgan fingerprint density at radius 1 is 1.44 bits per heavy atom. The number of hydrogen-bond acceptors (Lipinski definition) is 3. The third-order valence-electron chi connectivity index (χ3n) is 3.72. The molecule has 0 bridgehead atoms. The van der Waals surface area contributed by atoms with E-state index in [1.807, 2.05) is 6.07 Å². The Bertz CT molecular complexity index is 315. The Hall–Kier alpha value is -0.540. The van der Waals surface area contributed by atoms with Crippen molar-refractivity contribution in [1.82, 2.24) is 5.32 Å². The van der Waals surface area contributed by atoms with Crippen LogP contribution in [0.5, 0.6) is 0 Å². The highest BCUT2D eigenvalue weighted by Gasteiger charge is 2.19. The van der Waals surface area contributed by atoms with E-state index >= 15 is 0 Å². The first-order valence-corrected chi connectivity index (χ1v) is 7.20. The zero-order valence-corrected chi connectivity index (χ0v) is 10.9. The monoisotopic (exact) mass is 238 g/mol. The Morgan fingerprint density at radius 2 is 2.19 bits per heavy atom. The minimum absolute atomic E-state index is 0.627. The van der Waals surface area contributed by atoms with E-state index in [9.17, 15) is 0 Å². The summed E-state index contributed by atoms with van der Waals surface area (Å²) in [6.45, 7) is 3.25. The van der Waals surface area contributed by atoms with Crippen molar-refractivity contribution >= 4 is 17.0 Å². The number of hydrogen-bond donors (Lipinski definition) is 2. The molecule has 0 saturated heterocycles. The van der Waals surface area contributed by atoms with Gasteiger partial charge in [-0.3, -0.25) is 0 Å². The molecule has 1 fully saturated rings. The van der Waals surface area contributed by atoms with Gasteiger partial charge in [-0.1, -0.05) is 19.3 Å². The maximum atomic E-state index is 5.88. The molecule has 3 heteroatoms. The number of thiophene rings is 1. The van der Waals surface area contributed by atoms with E-state index in [0.29, 0.717) is 6.04 Å².